The van der Waals surface area contributed by atoms with Crippen molar-refractivity contribution in [3.8, 4) is 5.75 Å². The molecular weight excluding hydrogens is 275 g/mol. The van der Waals surface area contributed by atoms with Crippen molar-refractivity contribution in [2.75, 3.05) is 20.7 Å². The number of carbonyl (C=O) groups is 2. The molecule has 0 saturated carbocycles. The Morgan fingerprint density at radius 1 is 1.35 bits per heavy atom. The normalized spacial score (nSPS) is 11.1. The number of ether oxygens (including phenoxy) is 1. The Morgan fingerprint density at radius 2 is 2.00 bits per heavy atom. The summed E-state index contributed by atoms with van der Waals surface area (Å²) < 4.78 is 43.4. The van der Waals surface area contributed by atoms with Crippen molar-refractivity contribution in [3.05, 3.63) is 29.3 Å². The van der Waals surface area contributed by atoms with E-state index in [9.17, 15) is 22.8 Å². The maximum absolute atomic E-state index is 12.8. The zero-order chi connectivity index (χ0) is 15.3. The molecule has 0 saturated heterocycles. The first-order valence-corrected chi connectivity index (χ1v) is 5.75. The molecule has 7 heteroatoms. The molecule has 0 radical (unpaired) electrons. The SMILES string of the molecule is CN(C)C(=O)CCOc1ccc(C=O)cc1C(F)(F)F. The fourth-order valence-corrected chi connectivity index (χ4v) is 1.44. The van der Waals surface area contributed by atoms with Gasteiger partial charge in [-0.05, 0) is 18.2 Å². The summed E-state index contributed by atoms with van der Waals surface area (Å²) in [6.45, 7) is -0.166. The largest absolute Gasteiger partial charge is 0.492 e. The zero-order valence-electron chi connectivity index (χ0n) is 11.0. The van der Waals surface area contributed by atoms with E-state index < -0.39 is 17.5 Å². The average Bonchev–Trinajstić information content (AvgIpc) is 2.37. The Kier molecular flexibility index (Phi) is 5.12. The molecule has 0 aliphatic rings. The van der Waals surface area contributed by atoms with Gasteiger partial charge < -0.3 is 9.64 Å². The molecular formula is C13H14F3NO3. The topological polar surface area (TPSA) is 46.6 Å². The molecule has 0 fully saturated rings. The number of halogens is 3. The molecule has 0 aromatic heterocycles. The summed E-state index contributed by atoms with van der Waals surface area (Å²) in [6, 6.07) is 3.02. The molecule has 20 heavy (non-hydrogen) atoms. The van der Waals surface area contributed by atoms with Gasteiger partial charge in [-0.15, -0.1) is 0 Å². The maximum atomic E-state index is 12.8. The molecule has 0 N–H and O–H groups in total. The number of alkyl halides is 3. The average molecular weight is 289 g/mol. The third-order valence-electron chi connectivity index (χ3n) is 2.52. The molecule has 1 aromatic carbocycles. The second kappa shape index (κ2) is 6.40. The summed E-state index contributed by atoms with van der Waals surface area (Å²) in [5.74, 6) is -0.641. The first-order chi connectivity index (χ1) is 9.25. The van der Waals surface area contributed by atoms with Crippen LogP contribution in [0.25, 0.3) is 0 Å². The number of hydrogen-bond acceptors (Lipinski definition) is 3. The quantitative estimate of drug-likeness (QED) is 0.782. The van der Waals surface area contributed by atoms with Gasteiger partial charge in [0.2, 0.25) is 5.91 Å². The Labute approximate surface area is 114 Å². The third kappa shape index (κ3) is 4.25. The molecule has 1 amide bonds. The van der Waals surface area contributed by atoms with Crippen LogP contribution in [0.5, 0.6) is 5.75 Å². The van der Waals surface area contributed by atoms with E-state index in [1.807, 2.05) is 0 Å². The van der Waals surface area contributed by atoms with Crippen LogP contribution in [0.2, 0.25) is 0 Å². The second-order valence-electron chi connectivity index (χ2n) is 4.26. The van der Waals surface area contributed by atoms with Gasteiger partial charge in [-0.25, -0.2) is 0 Å². The summed E-state index contributed by atoms with van der Waals surface area (Å²) in [5.41, 5.74) is -1.12. The monoisotopic (exact) mass is 289 g/mol. The standard InChI is InChI=1S/C13H14F3NO3/c1-17(2)12(19)5-6-20-11-4-3-9(8-18)7-10(11)13(14,15)16/h3-4,7-8H,5-6H2,1-2H3. The van der Waals surface area contributed by atoms with E-state index in [1.54, 1.807) is 14.1 Å². The summed E-state index contributed by atoms with van der Waals surface area (Å²) in [6.07, 6.45) is -4.33. The van der Waals surface area contributed by atoms with Crippen LogP contribution in [0, 0.1) is 0 Å². The number of aldehydes is 1. The molecule has 1 aromatic rings. The zero-order valence-corrected chi connectivity index (χ0v) is 11.0. The van der Waals surface area contributed by atoms with Crippen LogP contribution >= 0.6 is 0 Å². The first kappa shape index (κ1) is 16.0. The van der Waals surface area contributed by atoms with Gasteiger partial charge in [0.1, 0.15) is 12.0 Å². The molecule has 110 valence electrons. The minimum atomic E-state index is -4.63. The van der Waals surface area contributed by atoms with Gasteiger partial charge in [0.05, 0.1) is 18.6 Å². The molecule has 0 aliphatic carbocycles. The summed E-state index contributed by atoms with van der Waals surface area (Å²) >= 11 is 0. The number of nitrogens with zero attached hydrogens (tertiary/aromatic N) is 1. The smallest absolute Gasteiger partial charge is 0.419 e. The predicted molar refractivity (Wildman–Crippen MR) is 65.6 cm³/mol. The van der Waals surface area contributed by atoms with Crippen LogP contribution in [-0.4, -0.2) is 37.8 Å². The molecule has 0 aliphatic heterocycles. The lowest BCUT2D eigenvalue weighted by molar-refractivity contribution is -0.139. The van der Waals surface area contributed by atoms with Crippen molar-refractivity contribution in [3.63, 3.8) is 0 Å². The fourth-order valence-electron chi connectivity index (χ4n) is 1.44. The molecule has 0 spiro atoms. The lowest BCUT2D eigenvalue weighted by Gasteiger charge is -2.15. The molecule has 0 bridgehead atoms. The first-order valence-electron chi connectivity index (χ1n) is 5.75. The van der Waals surface area contributed by atoms with Gasteiger partial charge >= 0.3 is 6.18 Å². The highest BCUT2D eigenvalue weighted by molar-refractivity contribution is 5.76. The van der Waals surface area contributed by atoms with Crippen LogP contribution in [0.1, 0.15) is 22.3 Å². The van der Waals surface area contributed by atoms with E-state index >= 15 is 0 Å². The molecule has 0 unspecified atom stereocenters. The minimum absolute atomic E-state index is 0.0280. The summed E-state index contributed by atoms with van der Waals surface area (Å²) in [7, 11) is 3.09. The van der Waals surface area contributed by atoms with Crippen LogP contribution in [0.4, 0.5) is 13.2 Å². The predicted octanol–water partition coefficient (Wildman–Crippen LogP) is 2.38. The number of hydrogen-bond donors (Lipinski definition) is 0. The molecule has 1 rings (SSSR count). The summed E-state index contributed by atoms with van der Waals surface area (Å²) in [5, 5.41) is 0. The van der Waals surface area contributed by atoms with E-state index in [0.717, 1.165) is 12.1 Å². The Bertz CT molecular complexity index is 498. The number of rotatable bonds is 5. The van der Waals surface area contributed by atoms with Gasteiger partial charge in [-0.2, -0.15) is 13.2 Å². The van der Waals surface area contributed by atoms with Crippen LogP contribution < -0.4 is 4.74 Å². The highest BCUT2D eigenvalue weighted by atomic mass is 19.4. The van der Waals surface area contributed by atoms with Crippen molar-refractivity contribution in [2.45, 2.75) is 12.6 Å². The van der Waals surface area contributed by atoms with Gasteiger partial charge in [0.15, 0.2) is 0 Å². The third-order valence-corrected chi connectivity index (χ3v) is 2.52. The van der Waals surface area contributed by atoms with E-state index in [2.05, 4.69) is 0 Å². The van der Waals surface area contributed by atoms with Gasteiger partial charge in [0, 0.05) is 19.7 Å². The minimum Gasteiger partial charge on any atom is -0.492 e. The summed E-state index contributed by atoms with van der Waals surface area (Å²) in [4.78, 5) is 23.1. The van der Waals surface area contributed by atoms with Crippen molar-refractivity contribution in [1.29, 1.82) is 0 Å². The van der Waals surface area contributed by atoms with E-state index in [-0.39, 0.29) is 24.5 Å². The fraction of sp³-hybridized carbons (Fsp3) is 0.385. The van der Waals surface area contributed by atoms with Crippen LogP contribution in [0.15, 0.2) is 18.2 Å². The molecule has 0 atom stereocenters. The highest BCUT2D eigenvalue weighted by Crippen LogP contribution is 2.36. The van der Waals surface area contributed by atoms with E-state index in [4.69, 9.17) is 4.74 Å². The van der Waals surface area contributed by atoms with E-state index in [1.165, 1.54) is 11.0 Å². The van der Waals surface area contributed by atoms with Crippen molar-refractivity contribution < 1.29 is 27.5 Å². The second-order valence-corrected chi connectivity index (χ2v) is 4.26. The van der Waals surface area contributed by atoms with Crippen molar-refractivity contribution in [1.82, 2.24) is 4.90 Å². The lowest BCUT2D eigenvalue weighted by Crippen LogP contribution is -2.23. The van der Waals surface area contributed by atoms with Gasteiger partial charge in [0.25, 0.3) is 0 Å². The molecule has 0 heterocycles. The number of carbonyl (C=O) groups excluding carboxylic acids is 2. The van der Waals surface area contributed by atoms with Crippen LogP contribution in [-0.2, 0) is 11.0 Å². The Balaban J connectivity index is 2.84. The lowest BCUT2D eigenvalue weighted by atomic mass is 10.1. The van der Waals surface area contributed by atoms with Crippen LogP contribution in [0.3, 0.4) is 0 Å². The van der Waals surface area contributed by atoms with E-state index in [0.29, 0.717) is 6.29 Å². The Hall–Kier alpha value is -2.05. The van der Waals surface area contributed by atoms with Crippen molar-refractivity contribution >= 4 is 12.2 Å². The number of amides is 1. The highest BCUT2D eigenvalue weighted by Gasteiger charge is 2.34. The molecule has 4 nitrogen and oxygen atoms in total. The van der Waals surface area contributed by atoms with Gasteiger partial charge in [-0.1, -0.05) is 0 Å². The number of benzene rings is 1. The van der Waals surface area contributed by atoms with Gasteiger partial charge in [-0.3, -0.25) is 9.59 Å². The van der Waals surface area contributed by atoms with Crippen molar-refractivity contribution in [2.24, 2.45) is 0 Å². The Morgan fingerprint density at radius 3 is 2.50 bits per heavy atom. The maximum Gasteiger partial charge on any atom is 0.419 e.